The summed E-state index contributed by atoms with van der Waals surface area (Å²) in [5.74, 6) is 1.12. The predicted molar refractivity (Wildman–Crippen MR) is 129 cm³/mol. The number of fused-ring (bicyclic) bond motifs is 1. The van der Waals surface area contributed by atoms with Crippen LogP contribution >= 0.6 is 11.8 Å². The van der Waals surface area contributed by atoms with Crippen molar-refractivity contribution in [3.05, 3.63) is 58.5 Å². The Bertz CT molecular complexity index is 1130. The highest BCUT2D eigenvalue weighted by molar-refractivity contribution is 8.18. The maximum absolute atomic E-state index is 12.8. The number of rotatable bonds is 8. The standard InChI is InChI=1S/C25H26N2O6S/c1-3-32-20-9-8-16(12-21(20)31-2)13-22-24(29)27(25(30)34-22)11-10-26-23(28)18-14-17-6-4-5-7-19(17)33-15-18/h4-9,12-13,18H,3,10-11,14-15H2,1-2H3,(H,26,28)/b22-13-. The molecule has 1 N–H and O–H groups in total. The monoisotopic (exact) mass is 482 g/mol. The number of carbonyl (C=O) groups is 3. The van der Waals surface area contributed by atoms with Crippen molar-refractivity contribution in [1.82, 2.24) is 10.2 Å². The van der Waals surface area contributed by atoms with E-state index in [2.05, 4.69) is 5.32 Å². The van der Waals surface area contributed by atoms with Crippen LogP contribution in [0.5, 0.6) is 17.2 Å². The maximum atomic E-state index is 12.8. The molecule has 0 saturated carbocycles. The number of carbonyl (C=O) groups excluding carboxylic acids is 3. The molecule has 0 bridgehead atoms. The number of imide groups is 1. The van der Waals surface area contributed by atoms with Gasteiger partial charge in [0.2, 0.25) is 5.91 Å². The summed E-state index contributed by atoms with van der Waals surface area (Å²) in [5, 5.41) is 2.46. The summed E-state index contributed by atoms with van der Waals surface area (Å²) in [7, 11) is 1.54. The molecule has 8 nitrogen and oxygen atoms in total. The van der Waals surface area contributed by atoms with Crippen molar-refractivity contribution in [2.75, 3.05) is 33.4 Å². The molecule has 0 aromatic heterocycles. The van der Waals surface area contributed by atoms with Crippen LogP contribution in [0.2, 0.25) is 0 Å². The fourth-order valence-electron chi connectivity index (χ4n) is 3.82. The third-order valence-electron chi connectivity index (χ3n) is 5.54. The van der Waals surface area contributed by atoms with E-state index in [-0.39, 0.29) is 36.1 Å². The zero-order chi connectivity index (χ0) is 24.1. The molecule has 0 spiro atoms. The average molecular weight is 483 g/mol. The van der Waals surface area contributed by atoms with Crippen molar-refractivity contribution >= 4 is 34.9 Å². The van der Waals surface area contributed by atoms with Gasteiger partial charge in [0.1, 0.15) is 12.4 Å². The minimum absolute atomic E-state index is 0.102. The molecule has 2 aromatic rings. The number of hydrogen-bond acceptors (Lipinski definition) is 7. The highest BCUT2D eigenvalue weighted by Crippen LogP contribution is 2.34. The van der Waals surface area contributed by atoms with Gasteiger partial charge in [-0.15, -0.1) is 0 Å². The Kier molecular flexibility index (Phi) is 7.42. The van der Waals surface area contributed by atoms with Gasteiger partial charge in [-0.05, 0) is 60.5 Å². The molecule has 1 saturated heterocycles. The molecule has 2 aliphatic heterocycles. The van der Waals surface area contributed by atoms with Gasteiger partial charge >= 0.3 is 0 Å². The number of ether oxygens (including phenoxy) is 3. The summed E-state index contributed by atoms with van der Waals surface area (Å²) in [6.45, 7) is 2.97. The second-order valence-corrected chi connectivity index (χ2v) is 8.78. The molecule has 2 aromatic carbocycles. The van der Waals surface area contributed by atoms with Crippen molar-refractivity contribution in [2.24, 2.45) is 5.92 Å². The number of hydrogen-bond donors (Lipinski definition) is 1. The van der Waals surface area contributed by atoms with Gasteiger partial charge in [-0.1, -0.05) is 24.3 Å². The van der Waals surface area contributed by atoms with E-state index in [4.69, 9.17) is 14.2 Å². The van der Waals surface area contributed by atoms with Crippen molar-refractivity contribution < 1.29 is 28.6 Å². The first-order chi connectivity index (χ1) is 16.5. The van der Waals surface area contributed by atoms with Crippen LogP contribution in [0.4, 0.5) is 4.79 Å². The van der Waals surface area contributed by atoms with Gasteiger partial charge < -0.3 is 19.5 Å². The van der Waals surface area contributed by atoms with Gasteiger partial charge in [0.15, 0.2) is 11.5 Å². The van der Waals surface area contributed by atoms with Crippen LogP contribution in [0.3, 0.4) is 0 Å². The lowest BCUT2D eigenvalue weighted by molar-refractivity contribution is -0.127. The molecule has 4 rings (SSSR count). The van der Waals surface area contributed by atoms with E-state index in [1.165, 1.54) is 0 Å². The van der Waals surface area contributed by atoms with Crippen LogP contribution in [0.1, 0.15) is 18.1 Å². The number of para-hydroxylation sites is 1. The second kappa shape index (κ2) is 10.6. The summed E-state index contributed by atoms with van der Waals surface area (Å²) >= 11 is 0.877. The summed E-state index contributed by atoms with van der Waals surface area (Å²) < 4.78 is 16.5. The van der Waals surface area contributed by atoms with Crippen LogP contribution in [0.15, 0.2) is 47.4 Å². The number of amides is 3. The van der Waals surface area contributed by atoms with Crippen LogP contribution in [0, 0.1) is 5.92 Å². The molecular formula is C25H26N2O6S. The highest BCUT2D eigenvalue weighted by Gasteiger charge is 2.35. The number of methoxy groups -OCH3 is 1. The molecule has 1 unspecified atom stereocenters. The molecule has 34 heavy (non-hydrogen) atoms. The van der Waals surface area contributed by atoms with Crippen LogP contribution in [-0.2, 0) is 16.0 Å². The molecule has 2 aliphatic rings. The molecule has 0 radical (unpaired) electrons. The summed E-state index contributed by atoms with van der Waals surface area (Å²) in [4.78, 5) is 39.2. The third kappa shape index (κ3) is 5.20. The largest absolute Gasteiger partial charge is 0.493 e. The van der Waals surface area contributed by atoms with Gasteiger partial charge in [-0.2, -0.15) is 0 Å². The van der Waals surface area contributed by atoms with E-state index < -0.39 is 0 Å². The molecule has 3 amide bonds. The fourth-order valence-corrected chi connectivity index (χ4v) is 4.69. The predicted octanol–water partition coefficient (Wildman–Crippen LogP) is 3.50. The van der Waals surface area contributed by atoms with Crippen LogP contribution in [-0.4, -0.2) is 55.4 Å². The molecule has 1 fully saturated rings. The van der Waals surface area contributed by atoms with Gasteiger partial charge in [0, 0.05) is 13.1 Å². The summed E-state index contributed by atoms with van der Waals surface area (Å²) in [5.41, 5.74) is 1.72. The lowest BCUT2D eigenvalue weighted by Gasteiger charge is -2.24. The highest BCUT2D eigenvalue weighted by atomic mass is 32.2. The first kappa shape index (κ1) is 23.7. The third-order valence-corrected chi connectivity index (χ3v) is 6.45. The smallest absolute Gasteiger partial charge is 0.293 e. The molecule has 9 heteroatoms. The first-order valence-corrected chi connectivity index (χ1v) is 11.9. The van der Waals surface area contributed by atoms with Crippen molar-refractivity contribution in [3.63, 3.8) is 0 Å². The maximum Gasteiger partial charge on any atom is 0.293 e. The first-order valence-electron chi connectivity index (χ1n) is 11.0. The summed E-state index contributed by atoms with van der Waals surface area (Å²) in [6, 6.07) is 13.0. The van der Waals surface area contributed by atoms with Gasteiger partial charge in [0.25, 0.3) is 11.1 Å². The number of thioether (sulfide) groups is 1. The Labute approximate surface area is 202 Å². The number of benzene rings is 2. The SMILES string of the molecule is CCOc1ccc(/C=C2\SC(=O)N(CCNC(=O)C3COc4ccccc4C3)C2=O)cc1OC. The average Bonchev–Trinajstić information content (AvgIpc) is 3.11. The zero-order valence-electron chi connectivity index (χ0n) is 19.0. The quantitative estimate of drug-likeness (QED) is 0.576. The lowest BCUT2D eigenvalue weighted by atomic mass is 9.96. The Morgan fingerprint density at radius 3 is 2.85 bits per heavy atom. The lowest BCUT2D eigenvalue weighted by Crippen LogP contribution is -2.42. The normalized spacial score (nSPS) is 18.5. The number of nitrogens with zero attached hydrogens (tertiary/aromatic N) is 1. The summed E-state index contributed by atoms with van der Waals surface area (Å²) in [6.07, 6.45) is 2.25. The van der Waals surface area contributed by atoms with E-state index in [0.29, 0.717) is 36.0 Å². The Hall–Kier alpha value is -3.46. The van der Waals surface area contributed by atoms with Crippen molar-refractivity contribution in [1.29, 1.82) is 0 Å². The van der Waals surface area contributed by atoms with E-state index in [0.717, 1.165) is 33.5 Å². The fraction of sp³-hybridized carbons (Fsp3) is 0.320. The van der Waals surface area contributed by atoms with E-state index in [1.54, 1.807) is 31.4 Å². The van der Waals surface area contributed by atoms with E-state index in [9.17, 15) is 14.4 Å². The van der Waals surface area contributed by atoms with Crippen molar-refractivity contribution in [2.45, 2.75) is 13.3 Å². The molecule has 178 valence electrons. The molecule has 1 atom stereocenters. The topological polar surface area (TPSA) is 94.2 Å². The molecule has 0 aliphatic carbocycles. The Balaban J connectivity index is 1.33. The van der Waals surface area contributed by atoms with E-state index >= 15 is 0 Å². The Morgan fingerprint density at radius 1 is 1.24 bits per heavy atom. The van der Waals surface area contributed by atoms with Crippen LogP contribution in [0.25, 0.3) is 6.08 Å². The molecular weight excluding hydrogens is 456 g/mol. The van der Waals surface area contributed by atoms with Gasteiger partial charge in [-0.3, -0.25) is 19.3 Å². The van der Waals surface area contributed by atoms with Gasteiger partial charge in [0.05, 0.1) is 24.5 Å². The Morgan fingerprint density at radius 2 is 2.06 bits per heavy atom. The molecule has 2 heterocycles. The zero-order valence-corrected chi connectivity index (χ0v) is 19.9. The van der Waals surface area contributed by atoms with Crippen molar-refractivity contribution in [3.8, 4) is 17.2 Å². The second-order valence-electron chi connectivity index (χ2n) is 7.79. The van der Waals surface area contributed by atoms with E-state index in [1.807, 2.05) is 31.2 Å². The van der Waals surface area contributed by atoms with Crippen LogP contribution < -0.4 is 19.5 Å². The minimum atomic E-state index is -0.382. The minimum Gasteiger partial charge on any atom is -0.493 e. The number of nitrogens with one attached hydrogen (secondary N) is 1. The van der Waals surface area contributed by atoms with Gasteiger partial charge in [-0.25, -0.2) is 0 Å².